The zero-order valence-electron chi connectivity index (χ0n) is 34.6. The summed E-state index contributed by atoms with van der Waals surface area (Å²) < 4.78 is 31.3. The molecule has 0 bridgehead atoms. The number of amides is 3. The number of terminal acetylenes is 2. The quantitative estimate of drug-likeness (QED) is 0.143. The second kappa shape index (κ2) is 28.6. The lowest BCUT2D eigenvalue weighted by molar-refractivity contribution is -0.131. The first-order chi connectivity index (χ1) is 26.1. The van der Waals surface area contributed by atoms with Gasteiger partial charge >= 0.3 is 6.09 Å². The first kappa shape index (κ1) is 52.3. The van der Waals surface area contributed by atoms with E-state index in [0.717, 1.165) is 30.9 Å². The fourth-order valence-corrected chi connectivity index (χ4v) is 6.64. The number of pyridine rings is 1. The van der Waals surface area contributed by atoms with Gasteiger partial charge in [0.05, 0.1) is 24.6 Å². The number of sulfonamides is 1. The molecule has 0 aromatic carbocycles. The minimum atomic E-state index is -3.76. The Morgan fingerprint density at radius 1 is 1.07 bits per heavy atom. The van der Waals surface area contributed by atoms with E-state index in [9.17, 15) is 22.8 Å². The SMILES string of the molecule is C#C.C#C.C=CC(C(C)C)[C@@H](NC(=O)[C@@H]1CCCN1C(=C)CNC(=O)OC)C(=O)NS(=O)(=O)C1CC1.CC.CC(C)C.CCc1ccnc(C2=CCC=C2)c1. The predicted molar refractivity (Wildman–Crippen MR) is 227 cm³/mol. The first-order valence-corrected chi connectivity index (χ1v) is 20.4. The average Bonchev–Trinajstić information content (AvgIpc) is 3.69. The standard InChI is InChI=1S/C21H34N4O6S.C12H13N.C4H10.C2H6.2C2H2/c1-6-16(13(2)3)18(20(27)24-32(29,30)15-9-10-15)23-19(26)17-8-7-11-25(17)14(4)12-22-21(28)31-5;1-2-10-7-8-13-12(9-10)11-5-3-4-6-11;1-4(2)3;3*1-2/h6,13,15-18H,1,4,7-12H2,2-3,5H3,(H,22,28)(H,23,26)(H,24,27);3,5-9H,2,4H2,1H3;4H,1-3H3;1-2H3;2*1-2H/t16?,17-,18+;;;;;/m0...../s1. The summed E-state index contributed by atoms with van der Waals surface area (Å²) in [4.78, 5) is 43.5. The zero-order chi connectivity index (χ0) is 42.7. The van der Waals surface area contributed by atoms with Crippen molar-refractivity contribution in [3.8, 4) is 25.7 Å². The number of nitrogens with one attached hydrogen (secondary N) is 3. The topological polar surface area (TPSA) is 147 Å². The number of carbonyl (C=O) groups is 3. The van der Waals surface area contributed by atoms with E-state index >= 15 is 0 Å². The van der Waals surface area contributed by atoms with Crippen molar-refractivity contribution in [2.45, 2.75) is 111 Å². The summed E-state index contributed by atoms with van der Waals surface area (Å²) >= 11 is 0. The van der Waals surface area contributed by atoms with Crippen molar-refractivity contribution in [1.82, 2.24) is 25.2 Å². The van der Waals surface area contributed by atoms with Crippen LogP contribution in [0.2, 0.25) is 0 Å². The molecule has 3 N–H and O–H groups in total. The molecule has 1 saturated carbocycles. The smallest absolute Gasteiger partial charge is 0.407 e. The van der Waals surface area contributed by atoms with Crippen molar-refractivity contribution in [1.29, 1.82) is 0 Å². The van der Waals surface area contributed by atoms with Gasteiger partial charge < -0.3 is 20.3 Å². The number of hydrogen-bond donors (Lipinski definition) is 3. The molecule has 11 nitrogen and oxygen atoms in total. The van der Waals surface area contributed by atoms with Gasteiger partial charge in [-0.15, -0.1) is 32.3 Å². The van der Waals surface area contributed by atoms with Gasteiger partial charge in [0.25, 0.3) is 5.91 Å². The number of allylic oxidation sites excluding steroid dienone is 4. The van der Waals surface area contributed by atoms with E-state index in [1.165, 1.54) is 18.2 Å². The van der Waals surface area contributed by atoms with Gasteiger partial charge in [0.2, 0.25) is 15.9 Å². The van der Waals surface area contributed by atoms with Crippen molar-refractivity contribution >= 4 is 33.5 Å². The fourth-order valence-electron chi connectivity index (χ4n) is 5.31. The molecule has 3 aliphatic rings. The Morgan fingerprint density at radius 3 is 2.15 bits per heavy atom. The number of aryl methyl sites for hydroxylation is 1. The predicted octanol–water partition coefficient (Wildman–Crippen LogP) is 7.05. The summed E-state index contributed by atoms with van der Waals surface area (Å²) in [5.41, 5.74) is 4.25. The van der Waals surface area contributed by atoms with Crippen molar-refractivity contribution in [2.75, 3.05) is 20.2 Å². The van der Waals surface area contributed by atoms with Crippen LogP contribution >= 0.6 is 0 Å². The van der Waals surface area contributed by atoms with Crippen LogP contribution in [0.25, 0.3) is 5.57 Å². The highest BCUT2D eigenvalue weighted by molar-refractivity contribution is 7.90. The molecule has 55 heavy (non-hydrogen) atoms. The van der Waals surface area contributed by atoms with Crippen molar-refractivity contribution in [3.05, 3.63) is 72.7 Å². The normalized spacial score (nSPS) is 16.1. The van der Waals surface area contributed by atoms with Gasteiger partial charge in [-0.3, -0.25) is 19.3 Å². The molecular formula is C43H67N5O6S. The molecule has 2 aliphatic carbocycles. The molecule has 1 aliphatic heterocycles. The molecule has 1 aromatic rings. The number of carbonyl (C=O) groups excluding carboxylic acids is 3. The Hall–Kier alpha value is -4.81. The minimum Gasteiger partial charge on any atom is -0.453 e. The van der Waals surface area contributed by atoms with Gasteiger partial charge in [-0.25, -0.2) is 13.2 Å². The maximum absolute atomic E-state index is 13.2. The fraction of sp³-hybridized carbons (Fsp3) is 0.535. The molecule has 306 valence electrons. The lowest BCUT2D eigenvalue weighted by Gasteiger charge is -2.32. The molecule has 2 heterocycles. The lowest BCUT2D eigenvalue weighted by Crippen LogP contribution is -2.56. The molecule has 2 fully saturated rings. The van der Waals surface area contributed by atoms with Gasteiger partial charge in [-0.05, 0) is 73.6 Å². The van der Waals surface area contributed by atoms with Crippen LogP contribution in [0.5, 0.6) is 0 Å². The van der Waals surface area contributed by atoms with Crippen molar-refractivity contribution < 1.29 is 27.5 Å². The third-order valence-corrected chi connectivity index (χ3v) is 9.93. The molecule has 3 atom stereocenters. The van der Waals surface area contributed by atoms with E-state index < -0.39 is 51.2 Å². The highest BCUT2D eigenvalue weighted by Crippen LogP contribution is 2.28. The molecule has 0 radical (unpaired) electrons. The number of ether oxygens (including phenoxy) is 1. The monoisotopic (exact) mass is 781 g/mol. The summed E-state index contributed by atoms with van der Waals surface area (Å²) in [6.07, 6.45) is 29.8. The Labute approximate surface area is 333 Å². The summed E-state index contributed by atoms with van der Waals surface area (Å²) in [6, 6.07) is 2.57. The number of alkyl carbamates (subject to hydrolysis) is 1. The van der Waals surface area contributed by atoms with Crippen LogP contribution in [-0.4, -0.2) is 73.7 Å². The molecule has 0 spiro atoms. The summed E-state index contributed by atoms with van der Waals surface area (Å²) in [6.45, 7) is 24.8. The number of likely N-dealkylation sites (tertiary alicyclic amines) is 1. The average molecular weight is 782 g/mol. The van der Waals surface area contributed by atoms with Crippen LogP contribution < -0.4 is 15.4 Å². The second-order valence-electron chi connectivity index (χ2n) is 13.4. The first-order valence-electron chi connectivity index (χ1n) is 18.9. The van der Waals surface area contributed by atoms with E-state index in [2.05, 4.69) is 122 Å². The van der Waals surface area contributed by atoms with E-state index in [4.69, 9.17) is 0 Å². The van der Waals surface area contributed by atoms with E-state index in [1.54, 1.807) is 11.0 Å². The minimum absolute atomic E-state index is 0.0638. The Morgan fingerprint density at radius 2 is 1.67 bits per heavy atom. The van der Waals surface area contributed by atoms with Crippen LogP contribution in [0, 0.1) is 43.4 Å². The van der Waals surface area contributed by atoms with E-state index in [-0.39, 0.29) is 12.5 Å². The summed E-state index contributed by atoms with van der Waals surface area (Å²) in [5, 5.41) is 4.73. The molecular weight excluding hydrogens is 715 g/mol. The largest absolute Gasteiger partial charge is 0.453 e. The lowest BCUT2D eigenvalue weighted by atomic mass is 9.88. The maximum atomic E-state index is 13.2. The van der Waals surface area contributed by atoms with Crippen LogP contribution in [0.3, 0.4) is 0 Å². The highest BCUT2D eigenvalue weighted by atomic mass is 32.2. The van der Waals surface area contributed by atoms with Gasteiger partial charge in [-0.1, -0.05) is 86.3 Å². The van der Waals surface area contributed by atoms with Gasteiger partial charge in [-0.2, -0.15) is 0 Å². The molecule has 12 heteroatoms. The van der Waals surface area contributed by atoms with Crippen LogP contribution in [-0.2, 0) is 30.8 Å². The zero-order valence-corrected chi connectivity index (χ0v) is 35.5. The Bertz CT molecular complexity index is 1550. The van der Waals surface area contributed by atoms with Gasteiger partial charge in [0.15, 0.2) is 0 Å². The maximum Gasteiger partial charge on any atom is 0.407 e. The summed E-state index contributed by atoms with van der Waals surface area (Å²) in [5.74, 6) is -0.865. The van der Waals surface area contributed by atoms with E-state index in [0.29, 0.717) is 31.5 Å². The summed E-state index contributed by atoms with van der Waals surface area (Å²) in [7, 11) is -2.50. The number of methoxy groups -OCH3 is 1. The van der Waals surface area contributed by atoms with E-state index in [1.807, 2.05) is 33.9 Å². The van der Waals surface area contributed by atoms with Crippen LogP contribution in [0.15, 0.2) is 61.5 Å². The van der Waals surface area contributed by atoms with Crippen LogP contribution in [0.1, 0.15) is 98.8 Å². The molecule has 1 saturated heterocycles. The number of hydrogen-bond acceptors (Lipinski definition) is 8. The van der Waals surface area contributed by atoms with Crippen LogP contribution in [0.4, 0.5) is 4.79 Å². The Kier molecular flexibility index (Phi) is 27.2. The molecule has 4 rings (SSSR count). The highest BCUT2D eigenvalue weighted by Gasteiger charge is 2.41. The number of rotatable bonds is 13. The second-order valence-corrected chi connectivity index (χ2v) is 15.4. The molecule has 3 amide bonds. The number of nitrogens with zero attached hydrogens (tertiary/aromatic N) is 2. The molecule has 1 aromatic heterocycles. The number of aromatic nitrogens is 1. The Balaban J connectivity index is 0. The van der Waals surface area contributed by atoms with Crippen molar-refractivity contribution in [2.24, 2.45) is 17.8 Å². The third kappa shape index (κ3) is 19.4. The van der Waals surface area contributed by atoms with Gasteiger partial charge in [0.1, 0.15) is 12.1 Å². The third-order valence-electron chi connectivity index (χ3n) is 8.10. The van der Waals surface area contributed by atoms with Gasteiger partial charge in [0, 0.05) is 24.4 Å². The molecule has 1 unspecified atom stereocenters. The van der Waals surface area contributed by atoms with Crippen molar-refractivity contribution in [3.63, 3.8) is 0 Å².